The first-order valence-electron chi connectivity index (χ1n) is 10.0. The third kappa shape index (κ3) is 3.18. The fourth-order valence-corrected chi connectivity index (χ4v) is 6.22. The molecule has 0 radical (unpaired) electrons. The van der Waals surface area contributed by atoms with Gasteiger partial charge in [0.15, 0.2) is 0 Å². The number of nitrogens with one attached hydrogen (secondary N) is 2. The zero-order valence-corrected chi connectivity index (χ0v) is 18.9. The minimum atomic E-state index is -3.99. The van der Waals surface area contributed by atoms with Crippen molar-refractivity contribution in [3.63, 3.8) is 0 Å². The molecule has 8 nitrogen and oxygen atoms in total. The molecule has 0 unspecified atom stereocenters. The van der Waals surface area contributed by atoms with Crippen molar-refractivity contribution in [1.29, 1.82) is 5.26 Å². The van der Waals surface area contributed by atoms with E-state index in [9.17, 15) is 17.6 Å². The topological polar surface area (TPSA) is 115 Å². The number of amides is 1. The number of aromatic amines is 1. The number of carbonyl (C=O) groups excluding carboxylic acids is 1. The summed E-state index contributed by atoms with van der Waals surface area (Å²) in [5.74, 6) is -0.717. The minimum Gasteiger partial charge on any atom is -0.491 e. The summed E-state index contributed by atoms with van der Waals surface area (Å²) in [6, 6.07) is 6.19. The Morgan fingerprint density at radius 2 is 2.12 bits per heavy atom. The first-order valence-corrected chi connectivity index (χ1v) is 11.9. The Morgan fingerprint density at radius 3 is 2.81 bits per heavy atom. The predicted molar refractivity (Wildman–Crippen MR) is 112 cm³/mol. The molecule has 2 N–H and O–H groups in total. The Morgan fingerprint density at radius 1 is 1.41 bits per heavy atom. The first-order chi connectivity index (χ1) is 15.0. The quantitative estimate of drug-likeness (QED) is 0.701. The fraction of sp³-hybridized carbons (Fsp3) is 0.429. The van der Waals surface area contributed by atoms with Crippen molar-refractivity contribution in [3.05, 3.63) is 45.9 Å². The number of sulfonamides is 1. The van der Waals surface area contributed by atoms with Gasteiger partial charge in [-0.05, 0) is 32.4 Å². The summed E-state index contributed by atoms with van der Waals surface area (Å²) in [4.78, 5) is 17.1. The number of halogens is 2. The molecule has 1 aliphatic carbocycles. The van der Waals surface area contributed by atoms with Crippen molar-refractivity contribution in [2.45, 2.75) is 36.8 Å². The van der Waals surface area contributed by atoms with Gasteiger partial charge >= 0.3 is 0 Å². The van der Waals surface area contributed by atoms with E-state index < -0.39 is 26.8 Å². The first kappa shape index (κ1) is 21.2. The predicted octanol–water partition coefficient (Wildman–Crippen LogP) is 2.70. The highest BCUT2D eigenvalue weighted by Crippen LogP contribution is 2.58. The molecule has 3 heterocycles. The van der Waals surface area contributed by atoms with Crippen molar-refractivity contribution < 1.29 is 22.3 Å². The molecule has 2 aromatic rings. The van der Waals surface area contributed by atoms with Crippen molar-refractivity contribution in [1.82, 2.24) is 14.6 Å². The van der Waals surface area contributed by atoms with Gasteiger partial charge in [0, 0.05) is 36.3 Å². The lowest BCUT2D eigenvalue weighted by Gasteiger charge is -2.43. The van der Waals surface area contributed by atoms with Crippen LogP contribution in [0.25, 0.3) is 0 Å². The van der Waals surface area contributed by atoms with E-state index in [2.05, 4.69) is 15.8 Å². The normalized spacial score (nSPS) is 25.1. The van der Waals surface area contributed by atoms with Gasteiger partial charge in [0.2, 0.25) is 0 Å². The number of likely N-dealkylation sites (tertiary alicyclic amines) is 1. The van der Waals surface area contributed by atoms with Crippen LogP contribution >= 0.6 is 11.6 Å². The number of ether oxygens (including phenoxy) is 1. The van der Waals surface area contributed by atoms with Crippen molar-refractivity contribution in [2.75, 3.05) is 19.7 Å². The van der Waals surface area contributed by atoms with Crippen molar-refractivity contribution >= 4 is 27.5 Å². The van der Waals surface area contributed by atoms with E-state index in [0.29, 0.717) is 36.5 Å². The van der Waals surface area contributed by atoms with Crippen LogP contribution in [0.5, 0.6) is 5.75 Å². The Balaban J connectivity index is 1.36. The Bertz CT molecular complexity index is 1310. The molecule has 1 aromatic heterocycles. The molecule has 2 fully saturated rings. The van der Waals surface area contributed by atoms with Crippen LogP contribution in [0.15, 0.2) is 23.2 Å². The monoisotopic (exact) mass is 478 g/mol. The van der Waals surface area contributed by atoms with Crippen LogP contribution in [0, 0.1) is 29.5 Å². The molecule has 3 aliphatic rings. The highest BCUT2D eigenvalue weighted by Gasteiger charge is 2.61. The highest BCUT2D eigenvalue weighted by molar-refractivity contribution is 7.89. The summed E-state index contributed by atoms with van der Waals surface area (Å²) in [6.45, 7) is 4.08. The third-order valence-electron chi connectivity index (χ3n) is 6.47. The smallest absolute Gasteiger partial charge is 0.256 e. The molecule has 1 aromatic carbocycles. The van der Waals surface area contributed by atoms with Crippen LogP contribution in [0.2, 0.25) is 5.02 Å². The summed E-state index contributed by atoms with van der Waals surface area (Å²) in [7, 11) is -3.99. The van der Waals surface area contributed by atoms with Crippen molar-refractivity contribution in [3.8, 4) is 11.8 Å². The van der Waals surface area contributed by atoms with E-state index in [1.54, 1.807) is 13.8 Å². The maximum absolute atomic E-state index is 13.7. The largest absolute Gasteiger partial charge is 0.491 e. The molecule has 1 amide bonds. The summed E-state index contributed by atoms with van der Waals surface area (Å²) in [6.07, 6.45) is 0.493. The molecule has 0 bridgehead atoms. The van der Waals surface area contributed by atoms with E-state index in [4.69, 9.17) is 21.6 Å². The van der Waals surface area contributed by atoms with Gasteiger partial charge in [-0.3, -0.25) is 4.79 Å². The van der Waals surface area contributed by atoms with Crippen LogP contribution in [0.3, 0.4) is 0 Å². The van der Waals surface area contributed by atoms with Gasteiger partial charge in [-0.2, -0.15) is 9.98 Å². The van der Waals surface area contributed by atoms with Gasteiger partial charge in [0.05, 0.1) is 27.6 Å². The zero-order chi connectivity index (χ0) is 23.1. The Hall–Kier alpha value is -2.61. The number of rotatable bonds is 4. The Kier molecular flexibility index (Phi) is 4.45. The van der Waals surface area contributed by atoms with Crippen molar-refractivity contribution in [2.24, 2.45) is 5.41 Å². The summed E-state index contributed by atoms with van der Waals surface area (Å²) in [5, 5.41) is 8.97. The molecule has 5 rings (SSSR count). The lowest BCUT2D eigenvalue weighted by Crippen LogP contribution is -2.56. The number of aromatic nitrogens is 1. The average molecular weight is 479 g/mol. The second-order valence-electron chi connectivity index (χ2n) is 9.12. The van der Waals surface area contributed by atoms with Gasteiger partial charge in [-0.25, -0.2) is 12.8 Å². The lowest BCUT2D eigenvalue weighted by atomic mass is 9.83. The van der Waals surface area contributed by atoms with Gasteiger partial charge < -0.3 is 14.6 Å². The second kappa shape index (κ2) is 6.70. The summed E-state index contributed by atoms with van der Waals surface area (Å²) in [5.41, 5.74) is -0.0647. The van der Waals surface area contributed by atoms with Gasteiger partial charge in [0.25, 0.3) is 15.9 Å². The molecule has 1 saturated heterocycles. The van der Waals surface area contributed by atoms with Gasteiger partial charge in [0.1, 0.15) is 23.2 Å². The third-order valence-corrected chi connectivity index (χ3v) is 8.24. The van der Waals surface area contributed by atoms with E-state index in [0.717, 1.165) is 0 Å². The molecule has 2 aliphatic heterocycles. The van der Waals surface area contributed by atoms with Crippen LogP contribution in [0.4, 0.5) is 4.39 Å². The molecular weight excluding hydrogens is 459 g/mol. The van der Waals surface area contributed by atoms with Crippen LogP contribution in [0.1, 0.15) is 40.9 Å². The highest BCUT2D eigenvalue weighted by atomic mass is 35.5. The molecule has 32 heavy (non-hydrogen) atoms. The SMILES string of the molecule is Cc1[nH]c(S(=O)(=O)N[C@@]23COc4cc(F)c(Cl)cc4[C@@H]2C3)cc1C(=O)N1CC(C)(C#N)C1. The molecule has 0 spiro atoms. The van der Waals surface area contributed by atoms with E-state index in [-0.39, 0.29) is 34.0 Å². The zero-order valence-electron chi connectivity index (χ0n) is 17.3. The lowest BCUT2D eigenvalue weighted by molar-refractivity contribution is 0.0368. The maximum atomic E-state index is 13.7. The van der Waals surface area contributed by atoms with Gasteiger partial charge in [-0.1, -0.05) is 11.6 Å². The van der Waals surface area contributed by atoms with Crippen LogP contribution < -0.4 is 9.46 Å². The molecule has 2 atom stereocenters. The molecule has 168 valence electrons. The number of nitriles is 1. The standard InChI is InChI=1S/C21H20ClFN4O4S/c1-11-12(19(28)27-8-20(2,7-24)9-27)4-18(25-11)32(29,30)26-21-6-14(21)13-3-15(22)16(23)5-17(13)31-10-21/h3-5,14,25-26H,6,8-10H2,1-2H3/t14-,21-/m0/s1. The van der Waals surface area contributed by atoms with Crippen LogP contribution in [-0.4, -0.2) is 49.4 Å². The summed E-state index contributed by atoms with van der Waals surface area (Å²) < 4.78 is 48.3. The minimum absolute atomic E-state index is 0.0421. The number of benzene rings is 1. The number of aryl methyl sites for hydroxylation is 1. The molecule has 1 saturated carbocycles. The van der Waals surface area contributed by atoms with Gasteiger partial charge in [-0.15, -0.1) is 0 Å². The van der Waals surface area contributed by atoms with Crippen LogP contribution in [-0.2, 0) is 10.0 Å². The average Bonchev–Trinajstić information content (AvgIpc) is 3.28. The number of hydrogen-bond acceptors (Lipinski definition) is 5. The fourth-order valence-electron chi connectivity index (χ4n) is 4.56. The van der Waals surface area contributed by atoms with E-state index in [1.807, 2.05) is 0 Å². The number of H-pyrrole nitrogens is 1. The Labute approximate surface area is 189 Å². The number of nitrogens with zero attached hydrogens (tertiary/aromatic N) is 2. The maximum Gasteiger partial charge on any atom is 0.256 e. The van der Waals surface area contributed by atoms with E-state index in [1.165, 1.54) is 23.1 Å². The second-order valence-corrected chi connectivity index (χ2v) is 11.2. The molecule has 11 heteroatoms. The number of fused-ring (bicyclic) bond motifs is 3. The summed E-state index contributed by atoms with van der Waals surface area (Å²) >= 11 is 5.89. The number of hydrogen-bond donors (Lipinski definition) is 2. The number of carbonyl (C=O) groups is 1. The van der Waals surface area contributed by atoms with E-state index >= 15 is 0 Å². The molecular formula is C21H20ClFN4O4S.